The Balaban J connectivity index is 1.19. The second kappa shape index (κ2) is 7.36. The van der Waals surface area contributed by atoms with Crippen LogP contribution in [0.5, 0.6) is 0 Å². The summed E-state index contributed by atoms with van der Waals surface area (Å²) in [4.78, 5) is 2.58. The number of likely N-dealkylation sites (tertiary alicyclic amines) is 1. The van der Waals surface area contributed by atoms with Crippen molar-refractivity contribution in [3.05, 3.63) is 48.2 Å². The van der Waals surface area contributed by atoms with Gasteiger partial charge >= 0.3 is 0 Å². The molecule has 3 heterocycles. The first kappa shape index (κ1) is 15.7. The molecule has 128 valence electrons. The molecule has 1 aromatic heterocycles. The number of rotatable bonds is 5. The highest BCUT2D eigenvalue weighted by molar-refractivity contribution is 5.35. The van der Waals surface area contributed by atoms with E-state index in [0.717, 1.165) is 32.0 Å². The van der Waals surface area contributed by atoms with Gasteiger partial charge < -0.3 is 10.6 Å². The maximum Gasteiger partial charge on any atom is 0.124 e. The number of aromatic nitrogens is 2. The van der Waals surface area contributed by atoms with E-state index in [9.17, 15) is 0 Å². The summed E-state index contributed by atoms with van der Waals surface area (Å²) in [5, 5.41) is 11.6. The van der Waals surface area contributed by atoms with Gasteiger partial charge in [0.15, 0.2) is 0 Å². The van der Waals surface area contributed by atoms with Crippen LogP contribution in [0.2, 0.25) is 0 Å². The Morgan fingerprint density at radius 1 is 1.12 bits per heavy atom. The minimum Gasteiger partial charge on any atom is -0.370 e. The highest BCUT2D eigenvalue weighted by atomic mass is 15.3. The lowest BCUT2D eigenvalue weighted by Crippen LogP contribution is -2.45. The molecule has 2 aliphatic rings. The summed E-state index contributed by atoms with van der Waals surface area (Å²) in [5.74, 6) is 1.78. The molecular formula is C19H27N5. The molecule has 0 aliphatic carbocycles. The topological polar surface area (TPSA) is 45.1 Å². The lowest BCUT2D eigenvalue weighted by atomic mass is 10.0. The predicted molar refractivity (Wildman–Crippen MR) is 97.0 cm³/mol. The molecule has 5 nitrogen and oxygen atoms in total. The van der Waals surface area contributed by atoms with Crippen LogP contribution in [0.25, 0.3) is 0 Å². The zero-order valence-corrected chi connectivity index (χ0v) is 14.2. The van der Waals surface area contributed by atoms with Crippen molar-refractivity contribution in [1.29, 1.82) is 0 Å². The Hall–Kier alpha value is -1.85. The first-order chi connectivity index (χ1) is 11.9. The van der Waals surface area contributed by atoms with E-state index in [1.807, 2.05) is 12.3 Å². The van der Waals surface area contributed by atoms with Gasteiger partial charge in [0, 0.05) is 44.2 Å². The van der Waals surface area contributed by atoms with Crippen molar-refractivity contribution in [3.63, 3.8) is 0 Å². The largest absolute Gasteiger partial charge is 0.370 e. The molecule has 4 rings (SSSR count). The maximum absolute atomic E-state index is 4.37. The molecule has 0 radical (unpaired) electrons. The lowest BCUT2D eigenvalue weighted by molar-refractivity contribution is 0.186. The third-order valence-electron chi connectivity index (χ3n) is 5.25. The first-order valence-corrected chi connectivity index (χ1v) is 9.12. The molecule has 1 fully saturated rings. The molecule has 0 spiro atoms. The molecule has 1 saturated heterocycles. The Kier molecular flexibility index (Phi) is 4.81. The average molecular weight is 325 g/mol. The summed E-state index contributed by atoms with van der Waals surface area (Å²) in [6, 6.07) is 13.5. The maximum atomic E-state index is 4.37. The molecule has 5 heteroatoms. The van der Waals surface area contributed by atoms with Crippen molar-refractivity contribution in [2.75, 3.05) is 31.5 Å². The molecule has 1 unspecified atom stereocenters. The van der Waals surface area contributed by atoms with Gasteiger partial charge in [-0.25, -0.2) is 4.68 Å². The molecule has 1 atom stereocenters. The van der Waals surface area contributed by atoms with E-state index in [1.54, 1.807) is 0 Å². The van der Waals surface area contributed by atoms with E-state index in [-0.39, 0.29) is 0 Å². The van der Waals surface area contributed by atoms with Gasteiger partial charge in [0.05, 0.1) is 6.20 Å². The van der Waals surface area contributed by atoms with Crippen LogP contribution in [-0.4, -0.2) is 46.9 Å². The van der Waals surface area contributed by atoms with Gasteiger partial charge in [0.25, 0.3) is 0 Å². The fourth-order valence-corrected chi connectivity index (χ4v) is 3.79. The summed E-state index contributed by atoms with van der Waals surface area (Å²) >= 11 is 0. The van der Waals surface area contributed by atoms with Crippen LogP contribution in [0.1, 0.15) is 18.4 Å². The standard InChI is InChI=1S/C19H27N5/c1-2-4-16(5-3-1)14-23-10-7-18(8-11-23)20-12-17-13-21-19-6-9-22-24(19)15-17/h1-6,9,17-18,20-21H,7-8,10-15H2. The Bertz CT molecular complexity index is 630. The Morgan fingerprint density at radius 3 is 2.79 bits per heavy atom. The number of nitrogens with one attached hydrogen (secondary N) is 2. The summed E-state index contributed by atoms with van der Waals surface area (Å²) in [6.45, 7) is 6.62. The van der Waals surface area contributed by atoms with Crippen molar-refractivity contribution in [2.45, 2.75) is 32.0 Å². The molecule has 24 heavy (non-hydrogen) atoms. The van der Waals surface area contributed by atoms with Crippen molar-refractivity contribution in [3.8, 4) is 0 Å². The molecule has 2 aromatic rings. The van der Waals surface area contributed by atoms with Crippen LogP contribution in [0, 0.1) is 5.92 Å². The number of hydrogen-bond acceptors (Lipinski definition) is 4. The summed E-state index contributed by atoms with van der Waals surface area (Å²) in [7, 11) is 0. The van der Waals surface area contributed by atoms with Crippen LogP contribution < -0.4 is 10.6 Å². The molecule has 0 amide bonds. The van der Waals surface area contributed by atoms with E-state index < -0.39 is 0 Å². The minimum absolute atomic E-state index is 0.625. The van der Waals surface area contributed by atoms with Crippen LogP contribution in [-0.2, 0) is 13.1 Å². The minimum atomic E-state index is 0.625. The summed E-state index contributed by atoms with van der Waals surface area (Å²) in [5.41, 5.74) is 1.42. The van der Waals surface area contributed by atoms with E-state index in [0.29, 0.717) is 12.0 Å². The van der Waals surface area contributed by atoms with Gasteiger partial charge in [-0.1, -0.05) is 30.3 Å². The molecule has 2 N–H and O–H groups in total. The number of hydrogen-bond donors (Lipinski definition) is 2. The summed E-state index contributed by atoms with van der Waals surface area (Å²) < 4.78 is 2.08. The smallest absolute Gasteiger partial charge is 0.124 e. The number of piperidine rings is 1. The second-order valence-electron chi connectivity index (χ2n) is 7.09. The van der Waals surface area contributed by atoms with E-state index in [1.165, 1.54) is 31.5 Å². The van der Waals surface area contributed by atoms with Gasteiger partial charge in [-0.05, 0) is 31.5 Å². The zero-order valence-electron chi connectivity index (χ0n) is 14.2. The van der Waals surface area contributed by atoms with Crippen molar-refractivity contribution < 1.29 is 0 Å². The third-order valence-corrected chi connectivity index (χ3v) is 5.25. The van der Waals surface area contributed by atoms with E-state index in [2.05, 4.69) is 55.6 Å². The van der Waals surface area contributed by atoms with Crippen LogP contribution in [0.4, 0.5) is 5.82 Å². The first-order valence-electron chi connectivity index (χ1n) is 9.12. The zero-order chi connectivity index (χ0) is 16.2. The van der Waals surface area contributed by atoms with Crippen LogP contribution >= 0.6 is 0 Å². The normalized spacial score (nSPS) is 22.1. The van der Waals surface area contributed by atoms with Gasteiger partial charge in [0.2, 0.25) is 0 Å². The van der Waals surface area contributed by atoms with Crippen molar-refractivity contribution in [1.82, 2.24) is 20.0 Å². The molecule has 0 bridgehead atoms. The van der Waals surface area contributed by atoms with Gasteiger partial charge in [0.1, 0.15) is 5.82 Å². The van der Waals surface area contributed by atoms with Crippen molar-refractivity contribution in [2.24, 2.45) is 5.92 Å². The average Bonchev–Trinajstić information content (AvgIpc) is 3.10. The number of fused-ring (bicyclic) bond motifs is 1. The molecule has 1 aromatic carbocycles. The highest BCUT2D eigenvalue weighted by Gasteiger charge is 2.22. The molecule has 2 aliphatic heterocycles. The molecular weight excluding hydrogens is 298 g/mol. The van der Waals surface area contributed by atoms with Crippen LogP contribution in [0.15, 0.2) is 42.6 Å². The Labute approximate surface area is 144 Å². The summed E-state index contributed by atoms with van der Waals surface area (Å²) in [6.07, 6.45) is 4.38. The van der Waals surface area contributed by atoms with E-state index in [4.69, 9.17) is 0 Å². The number of nitrogens with zero attached hydrogens (tertiary/aromatic N) is 3. The SMILES string of the molecule is c1ccc(CN2CCC(NCC3CNc4ccnn4C3)CC2)cc1. The number of benzene rings is 1. The van der Waals surface area contributed by atoms with Gasteiger partial charge in [-0.2, -0.15) is 5.10 Å². The van der Waals surface area contributed by atoms with Gasteiger partial charge in [-0.15, -0.1) is 0 Å². The lowest BCUT2D eigenvalue weighted by Gasteiger charge is -2.34. The van der Waals surface area contributed by atoms with Crippen molar-refractivity contribution >= 4 is 5.82 Å². The van der Waals surface area contributed by atoms with Crippen LogP contribution in [0.3, 0.4) is 0 Å². The predicted octanol–water partition coefficient (Wildman–Crippen LogP) is 2.18. The van der Waals surface area contributed by atoms with Gasteiger partial charge in [-0.3, -0.25) is 4.90 Å². The second-order valence-corrected chi connectivity index (χ2v) is 7.09. The highest BCUT2D eigenvalue weighted by Crippen LogP contribution is 2.17. The fraction of sp³-hybridized carbons (Fsp3) is 0.526. The number of anilines is 1. The monoisotopic (exact) mass is 325 g/mol. The fourth-order valence-electron chi connectivity index (χ4n) is 3.79. The third kappa shape index (κ3) is 3.79. The molecule has 0 saturated carbocycles. The Morgan fingerprint density at radius 2 is 1.96 bits per heavy atom. The quantitative estimate of drug-likeness (QED) is 0.884. The van der Waals surface area contributed by atoms with E-state index >= 15 is 0 Å².